The minimum Gasteiger partial charge on any atom is -0.374 e. The topological polar surface area (TPSA) is 99.3 Å². The van der Waals surface area contributed by atoms with E-state index in [0.29, 0.717) is 12.1 Å². The molecule has 0 fully saturated rings. The normalized spacial score (nSPS) is 11.3. The second-order valence-corrected chi connectivity index (χ2v) is 5.21. The number of nitrogens with one attached hydrogen (secondary N) is 4. The second-order valence-electron chi connectivity index (χ2n) is 5.21. The van der Waals surface area contributed by atoms with Gasteiger partial charge in [-0.3, -0.25) is 14.9 Å². The van der Waals surface area contributed by atoms with Crippen molar-refractivity contribution in [3.8, 4) is 0 Å². The Kier molecular flexibility index (Phi) is 7.05. The quantitative estimate of drug-likeness (QED) is 0.644. The van der Waals surface area contributed by atoms with Crippen molar-refractivity contribution in [2.24, 2.45) is 0 Å². The molecule has 0 aliphatic rings. The standard InChI is InChI=1S/C16H24N4O3/c1-5-7-14(21)19-13-9-6-8-12(10(13)2)18-11(3)15(22)20-16(23)17-4/h6,8-9,11,18H,5,7H2,1-4H3,(H,19,21)(H2,17,20,22,23)/t11-/m1/s1. The molecule has 1 aromatic rings. The molecule has 0 bridgehead atoms. The van der Waals surface area contributed by atoms with E-state index in [9.17, 15) is 14.4 Å². The number of carbonyl (C=O) groups is 3. The molecule has 0 radical (unpaired) electrons. The summed E-state index contributed by atoms with van der Waals surface area (Å²) < 4.78 is 0. The molecule has 7 heteroatoms. The fraction of sp³-hybridized carbons (Fsp3) is 0.438. The maximum absolute atomic E-state index is 11.9. The van der Waals surface area contributed by atoms with Crippen molar-refractivity contribution < 1.29 is 14.4 Å². The highest BCUT2D eigenvalue weighted by molar-refractivity contribution is 5.98. The maximum atomic E-state index is 11.9. The number of benzene rings is 1. The van der Waals surface area contributed by atoms with Gasteiger partial charge in [0.1, 0.15) is 6.04 Å². The molecule has 126 valence electrons. The third-order valence-electron chi connectivity index (χ3n) is 3.31. The first kappa shape index (κ1) is 18.5. The third-order valence-corrected chi connectivity index (χ3v) is 3.31. The molecular formula is C16H24N4O3. The Labute approximate surface area is 136 Å². The van der Waals surface area contributed by atoms with Crippen LogP contribution >= 0.6 is 0 Å². The highest BCUT2D eigenvalue weighted by atomic mass is 16.2. The molecule has 0 aliphatic carbocycles. The number of carbonyl (C=O) groups excluding carboxylic acids is 3. The Morgan fingerprint density at radius 1 is 1.17 bits per heavy atom. The van der Waals surface area contributed by atoms with Crippen LogP contribution in [0.3, 0.4) is 0 Å². The molecule has 4 amide bonds. The van der Waals surface area contributed by atoms with E-state index in [2.05, 4.69) is 21.3 Å². The molecule has 0 saturated carbocycles. The van der Waals surface area contributed by atoms with Crippen LogP contribution in [0.25, 0.3) is 0 Å². The van der Waals surface area contributed by atoms with E-state index in [4.69, 9.17) is 0 Å². The fourth-order valence-corrected chi connectivity index (χ4v) is 1.95. The van der Waals surface area contributed by atoms with Crippen molar-refractivity contribution in [2.45, 2.75) is 39.7 Å². The minimum atomic E-state index is -0.604. The van der Waals surface area contributed by atoms with Crippen LogP contribution in [0, 0.1) is 6.92 Å². The van der Waals surface area contributed by atoms with E-state index in [1.807, 2.05) is 26.0 Å². The molecule has 0 aromatic heterocycles. The summed E-state index contributed by atoms with van der Waals surface area (Å²) in [7, 11) is 1.44. The molecule has 0 aliphatic heterocycles. The lowest BCUT2D eigenvalue weighted by Gasteiger charge is -2.18. The first-order valence-electron chi connectivity index (χ1n) is 7.57. The highest BCUT2D eigenvalue weighted by Gasteiger charge is 2.16. The molecule has 0 unspecified atom stereocenters. The van der Waals surface area contributed by atoms with Gasteiger partial charge in [-0.15, -0.1) is 0 Å². The number of imide groups is 1. The van der Waals surface area contributed by atoms with Crippen LogP contribution in [-0.2, 0) is 9.59 Å². The van der Waals surface area contributed by atoms with Gasteiger partial charge in [-0.1, -0.05) is 13.0 Å². The Bertz CT molecular complexity index is 587. The van der Waals surface area contributed by atoms with Crippen molar-refractivity contribution in [3.63, 3.8) is 0 Å². The predicted octanol–water partition coefficient (Wildman–Crippen LogP) is 1.99. The number of hydrogen-bond donors (Lipinski definition) is 4. The van der Waals surface area contributed by atoms with Gasteiger partial charge in [0.05, 0.1) is 0 Å². The van der Waals surface area contributed by atoms with Crippen LogP contribution in [0.2, 0.25) is 0 Å². The minimum absolute atomic E-state index is 0.0434. The summed E-state index contributed by atoms with van der Waals surface area (Å²) in [6, 6.07) is 4.26. The van der Waals surface area contributed by atoms with E-state index >= 15 is 0 Å². The zero-order chi connectivity index (χ0) is 17.4. The maximum Gasteiger partial charge on any atom is 0.321 e. The van der Waals surface area contributed by atoms with Crippen LogP contribution in [-0.4, -0.2) is 30.9 Å². The zero-order valence-electron chi connectivity index (χ0n) is 13.9. The molecule has 1 rings (SSSR count). The SMILES string of the molecule is CCCC(=O)Nc1cccc(N[C@H](C)C(=O)NC(=O)NC)c1C. The molecule has 4 N–H and O–H groups in total. The number of amides is 4. The summed E-state index contributed by atoms with van der Waals surface area (Å²) in [5, 5.41) is 10.4. The largest absolute Gasteiger partial charge is 0.374 e. The van der Waals surface area contributed by atoms with E-state index < -0.39 is 18.0 Å². The van der Waals surface area contributed by atoms with Crippen molar-refractivity contribution in [3.05, 3.63) is 23.8 Å². The van der Waals surface area contributed by atoms with Gasteiger partial charge < -0.3 is 16.0 Å². The summed E-state index contributed by atoms with van der Waals surface area (Å²) in [5.41, 5.74) is 2.25. The van der Waals surface area contributed by atoms with Gasteiger partial charge in [-0.05, 0) is 38.0 Å². The van der Waals surface area contributed by atoms with Gasteiger partial charge >= 0.3 is 6.03 Å². The molecule has 0 saturated heterocycles. The Morgan fingerprint density at radius 2 is 1.83 bits per heavy atom. The summed E-state index contributed by atoms with van der Waals surface area (Å²) in [5.74, 6) is -0.484. The molecule has 23 heavy (non-hydrogen) atoms. The first-order chi connectivity index (χ1) is 10.9. The van der Waals surface area contributed by atoms with Gasteiger partial charge in [-0.2, -0.15) is 0 Å². The molecular weight excluding hydrogens is 296 g/mol. The van der Waals surface area contributed by atoms with E-state index in [-0.39, 0.29) is 5.91 Å². The number of hydrogen-bond acceptors (Lipinski definition) is 4. The van der Waals surface area contributed by atoms with Crippen molar-refractivity contribution in [2.75, 3.05) is 17.7 Å². The first-order valence-corrected chi connectivity index (χ1v) is 7.57. The van der Waals surface area contributed by atoms with Crippen molar-refractivity contribution in [1.29, 1.82) is 0 Å². The smallest absolute Gasteiger partial charge is 0.321 e. The fourth-order valence-electron chi connectivity index (χ4n) is 1.95. The zero-order valence-corrected chi connectivity index (χ0v) is 13.9. The Morgan fingerprint density at radius 3 is 2.43 bits per heavy atom. The Hall–Kier alpha value is -2.57. The number of urea groups is 1. The third kappa shape index (κ3) is 5.61. The predicted molar refractivity (Wildman–Crippen MR) is 90.4 cm³/mol. The highest BCUT2D eigenvalue weighted by Crippen LogP contribution is 2.24. The van der Waals surface area contributed by atoms with Crippen LogP contribution in [0.5, 0.6) is 0 Å². The van der Waals surface area contributed by atoms with Gasteiger partial charge in [0.2, 0.25) is 11.8 Å². The van der Waals surface area contributed by atoms with Crippen LogP contribution in [0.15, 0.2) is 18.2 Å². The molecule has 1 atom stereocenters. The van der Waals surface area contributed by atoms with Crippen molar-refractivity contribution >= 4 is 29.2 Å². The average Bonchev–Trinajstić information content (AvgIpc) is 2.51. The second kappa shape index (κ2) is 8.77. The van der Waals surface area contributed by atoms with E-state index in [0.717, 1.165) is 17.7 Å². The lowest BCUT2D eigenvalue weighted by Crippen LogP contribution is -2.44. The summed E-state index contributed by atoms with van der Waals surface area (Å²) >= 11 is 0. The molecule has 7 nitrogen and oxygen atoms in total. The van der Waals surface area contributed by atoms with E-state index in [1.54, 1.807) is 13.0 Å². The van der Waals surface area contributed by atoms with Gasteiger partial charge in [0, 0.05) is 24.8 Å². The van der Waals surface area contributed by atoms with Crippen LogP contribution in [0.1, 0.15) is 32.3 Å². The molecule has 0 spiro atoms. The Balaban J connectivity index is 2.79. The summed E-state index contributed by atoms with van der Waals surface area (Å²) in [4.78, 5) is 34.8. The lowest BCUT2D eigenvalue weighted by atomic mass is 10.1. The average molecular weight is 320 g/mol. The number of anilines is 2. The molecule has 0 heterocycles. The monoisotopic (exact) mass is 320 g/mol. The summed E-state index contributed by atoms with van der Waals surface area (Å²) in [6.07, 6.45) is 1.24. The number of rotatable bonds is 6. The van der Waals surface area contributed by atoms with Crippen molar-refractivity contribution in [1.82, 2.24) is 10.6 Å². The van der Waals surface area contributed by atoms with E-state index in [1.165, 1.54) is 7.05 Å². The van der Waals surface area contributed by atoms with Gasteiger partial charge in [0.15, 0.2) is 0 Å². The van der Waals surface area contributed by atoms with Crippen LogP contribution in [0.4, 0.5) is 16.2 Å². The summed E-state index contributed by atoms with van der Waals surface area (Å²) in [6.45, 7) is 5.45. The van der Waals surface area contributed by atoms with Gasteiger partial charge in [0.25, 0.3) is 0 Å². The van der Waals surface area contributed by atoms with Crippen LogP contribution < -0.4 is 21.3 Å². The molecule has 1 aromatic carbocycles. The van der Waals surface area contributed by atoms with Gasteiger partial charge in [-0.25, -0.2) is 4.79 Å². The lowest BCUT2D eigenvalue weighted by molar-refractivity contribution is -0.120.